The molecule has 1 amide bonds. The summed E-state index contributed by atoms with van der Waals surface area (Å²) >= 11 is 0. The molecule has 0 saturated carbocycles. The van der Waals surface area contributed by atoms with Gasteiger partial charge in [0.15, 0.2) is 17.5 Å². The van der Waals surface area contributed by atoms with Gasteiger partial charge < -0.3 is 34.6 Å². The van der Waals surface area contributed by atoms with Gasteiger partial charge in [-0.25, -0.2) is 13.2 Å². The average Bonchev–Trinajstić information content (AvgIpc) is 3.51. The summed E-state index contributed by atoms with van der Waals surface area (Å²) in [5.74, 6) is -4.18. The average molecular weight is 643 g/mol. The lowest BCUT2D eigenvalue weighted by molar-refractivity contribution is -0.140. The molecule has 3 saturated heterocycles. The molecule has 0 bridgehead atoms. The molecule has 3 fully saturated rings. The fraction of sp³-hybridized carbons (Fsp3) is 0.514. The van der Waals surface area contributed by atoms with Gasteiger partial charge in [-0.15, -0.1) is 0 Å². The number of carbonyl (C=O) groups is 1. The first-order chi connectivity index (χ1) is 22.2. The highest BCUT2D eigenvalue weighted by atomic mass is 19.2. The van der Waals surface area contributed by atoms with Crippen LogP contribution in [0.15, 0.2) is 42.6 Å². The van der Waals surface area contributed by atoms with Gasteiger partial charge in [-0.05, 0) is 92.2 Å². The molecule has 3 N–H and O–H groups in total. The lowest BCUT2D eigenvalue weighted by atomic mass is 9.84. The summed E-state index contributed by atoms with van der Waals surface area (Å²) in [7, 11) is 0. The molecule has 250 valence electrons. The molecule has 4 heterocycles. The van der Waals surface area contributed by atoms with Crippen LogP contribution in [0.4, 0.5) is 18.9 Å². The standard InChI is InChI=1S/C33H39F3N4O4.C2H6/c34-27-17-22(18-28(35)32(27)36)1-4-31(42)40-11-7-33(43,8-12-40)30(41)21-38-9-5-23(6-10-38)26-20-37-29-3-2-24(19-25(26)29)39-13-15-44-16-14-39;1-2/h1-4,17-20,23,30,37,41,43H,5-16,21H2;1-2H3/b4-1+;. The van der Waals surface area contributed by atoms with E-state index in [0.29, 0.717) is 12.5 Å². The number of aromatic nitrogens is 1. The van der Waals surface area contributed by atoms with E-state index < -0.39 is 29.2 Å². The number of H-pyrrole nitrogens is 1. The second kappa shape index (κ2) is 15.0. The molecule has 46 heavy (non-hydrogen) atoms. The molecular formula is C35H45F3N4O4. The van der Waals surface area contributed by atoms with Crippen molar-refractivity contribution in [3.05, 3.63) is 71.2 Å². The molecule has 1 unspecified atom stereocenters. The van der Waals surface area contributed by atoms with Gasteiger partial charge >= 0.3 is 0 Å². The summed E-state index contributed by atoms with van der Waals surface area (Å²) in [4.78, 5) is 22.2. The molecule has 0 aliphatic carbocycles. The van der Waals surface area contributed by atoms with E-state index in [1.807, 2.05) is 13.8 Å². The predicted octanol–water partition coefficient (Wildman–Crippen LogP) is 5.06. The van der Waals surface area contributed by atoms with Crippen molar-refractivity contribution in [1.29, 1.82) is 0 Å². The van der Waals surface area contributed by atoms with Gasteiger partial charge in [0.05, 0.1) is 24.9 Å². The number of rotatable bonds is 7. The number of morpholine rings is 1. The number of amides is 1. The zero-order valence-electron chi connectivity index (χ0n) is 26.7. The Kier molecular flexibility index (Phi) is 11.1. The Morgan fingerprint density at radius 1 is 1.02 bits per heavy atom. The summed E-state index contributed by atoms with van der Waals surface area (Å²) in [6.07, 6.45) is 5.91. The molecule has 0 radical (unpaired) electrons. The second-order valence-corrected chi connectivity index (χ2v) is 12.2. The minimum absolute atomic E-state index is 0.0323. The Morgan fingerprint density at radius 2 is 1.67 bits per heavy atom. The molecule has 8 nitrogen and oxygen atoms in total. The van der Waals surface area contributed by atoms with Gasteiger partial charge in [0.2, 0.25) is 5.91 Å². The third-order valence-electron chi connectivity index (χ3n) is 9.52. The third kappa shape index (κ3) is 7.60. The Balaban J connectivity index is 0.00000204. The van der Waals surface area contributed by atoms with Crippen molar-refractivity contribution in [2.24, 2.45) is 0 Å². The number of carbonyl (C=O) groups excluding carboxylic acids is 1. The van der Waals surface area contributed by atoms with Gasteiger partial charge in [0.1, 0.15) is 0 Å². The molecule has 1 atom stereocenters. The van der Waals surface area contributed by atoms with Crippen molar-refractivity contribution in [2.45, 2.75) is 57.2 Å². The van der Waals surface area contributed by atoms with Crippen LogP contribution in [0, 0.1) is 17.5 Å². The van der Waals surface area contributed by atoms with Crippen molar-refractivity contribution in [1.82, 2.24) is 14.8 Å². The number of nitrogens with one attached hydrogen (secondary N) is 1. The number of hydrogen-bond acceptors (Lipinski definition) is 6. The maximum absolute atomic E-state index is 13.5. The summed E-state index contributed by atoms with van der Waals surface area (Å²) in [5, 5.41) is 23.6. The van der Waals surface area contributed by atoms with Gasteiger partial charge in [-0.3, -0.25) is 4.79 Å². The van der Waals surface area contributed by atoms with Crippen molar-refractivity contribution < 1.29 is 32.9 Å². The first-order valence-corrected chi connectivity index (χ1v) is 16.4. The van der Waals surface area contributed by atoms with Gasteiger partial charge in [0, 0.05) is 61.6 Å². The van der Waals surface area contributed by atoms with E-state index in [0.717, 1.165) is 69.9 Å². The Hall–Kier alpha value is -3.38. The summed E-state index contributed by atoms with van der Waals surface area (Å²) in [6, 6.07) is 8.24. The summed E-state index contributed by atoms with van der Waals surface area (Å²) in [5.41, 5.74) is 2.40. The van der Waals surface area contributed by atoms with Crippen LogP contribution in [0.3, 0.4) is 0 Å². The Labute approximate surface area is 268 Å². The maximum Gasteiger partial charge on any atom is 0.246 e. The summed E-state index contributed by atoms with van der Waals surface area (Å²) < 4.78 is 45.6. The highest BCUT2D eigenvalue weighted by Crippen LogP contribution is 2.36. The third-order valence-corrected chi connectivity index (χ3v) is 9.52. The highest BCUT2D eigenvalue weighted by Gasteiger charge is 2.40. The first-order valence-electron chi connectivity index (χ1n) is 16.4. The van der Waals surface area contributed by atoms with E-state index in [-0.39, 0.29) is 37.4 Å². The number of benzene rings is 2. The quantitative estimate of drug-likeness (QED) is 0.247. The molecular weight excluding hydrogens is 597 g/mol. The van der Waals surface area contributed by atoms with Crippen molar-refractivity contribution in [2.75, 3.05) is 63.9 Å². The lowest BCUT2D eigenvalue weighted by Gasteiger charge is -2.43. The number of fused-ring (bicyclic) bond motifs is 1. The van der Waals surface area contributed by atoms with Crippen LogP contribution in [-0.2, 0) is 9.53 Å². The molecule has 2 aromatic carbocycles. The Bertz CT molecular complexity index is 1480. The van der Waals surface area contributed by atoms with Crippen LogP contribution < -0.4 is 4.90 Å². The van der Waals surface area contributed by atoms with E-state index in [1.54, 1.807) is 0 Å². The van der Waals surface area contributed by atoms with E-state index in [1.165, 1.54) is 33.7 Å². The van der Waals surface area contributed by atoms with Crippen LogP contribution in [0.5, 0.6) is 0 Å². The van der Waals surface area contributed by atoms with E-state index in [4.69, 9.17) is 4.74 Å². The van der Waals surface area contributed by atoms with Crippen LogP contribution in [0.2, 0.25) is 0 Å². The molecule has 3 aliphatic rings. The number of ether oxygens (including phenoxy) is 1. The SMILES string of the molecule is CC.O=C(/C=C/c1cc(F)c(F)c(F)c1)N1CCC(O)(C(O)CN2CCC(c3c[nH]c4ccc(N5CCOCC5)cc34)CC2)CC1. The second-order valence-electron chi connectivity index (χ2n) is 12.2. The van der Waals surface area contributed by atoms with Crippen molar-refractivity contribution in [3.8, 4) is 0 Å². The van der Waals surface area contributed by atoms with E-state index in [9.17, 15) is 28.2 Å². The van der Waals surface area contributed by atoms with E-state index >= 15 is 0 Å². The first kappa shape index (κ1) is 34.0. The smallest absolute Gasteiger partial charge is 0.246 e. The number of β-amino-alcohol motifs (C(OH)–C–C–N with tert-alkyl or cyclic N) is 1. The number of halogens is 3. The van der Waals surface area contributed by atoms with E-state index in [2.05, 4.69) is 39.2 Å². The molecule has 6 rings (SSSR count). The van der Waals surface area contributed by atoms with Crippen molar-refractivity contribution >= 4 is 28.6 Å². The largest absolute Gasteiger partial charge is 0.389 e. The number of nitrogens with zero attached hydrogens (tertiary/aromatic N) is 3. The lowest BCUT2D eigenvalue weighted by Crippen LogP contribution is -2.56. The zero-order chi connectivity index (χ0) is 32.8. The number of aromatic amines is 1. The minimum Gasteiger partial charge on any atom is -0.389 e. The normalized spacial score (nSPS) is 20.2. The fourth-order valence-electron chi connectivity index (χ4n) is 6.72. The Morgan fingerprint density at radius 3 is 2.33 bits per heavy atom. The number of anilines is 1. The van der Waals surface area contributed by atoms with Crippen LogP contribution in [0.25, 0.3) is 17.0 Å². The predicted molar refractivity (Wildman–Crippen MR) is 173 cm³/mol. The fourth-order valence-corrected chi connectivity index (χ4v) is 6.72. The number of hydrogen-bond donors (Lipinski definition) is 3. The van der Waals surface area contributed by atoms with Gasteiger partial charge in [-0.1, -0.05) is 13.8 Å². The number of aliphatic hydroxyl groups is 2. The number of piperidine rings is 2. The van der Waals surface area contributed by atoms with Crippen LogP contribution in [0.1, 0.15) is 56.6 Å². The van der Waals surface area contributed by atoms with Crippen molar-refractivity contribution in [3.63, 3.8) is 0 Å². The van der Waals surface area contributed by atoms with Gasteiger partial charge in [0.25, 0.3) is 0 Å². The monoisotopic (exact) mass is 642 g/mol. The maximum atomic E-state index is 13.5. The van der Waals surface area contributed by atoms with Crippen LogP contribution >= 0.6 is 0 Å². The molecule has 11 heteroatoms. The molecule has 3 aromatic rings. The summed E-state index contributed by atoms with van der Waals surface area (Å²) in [6.45, 7) is 9.73. The number of likely N-dealkylation sites (tertiary alicyclic amines) is 2. The molecule has 1 aromatic heterocycles. The molecule has 0 spiro atoms. The minimum atomic E-state index is -1.56. The van der Waals surface area contributed by atoms with Gasteiger partial charge in [-0.2, -0.15) is 0 Å². The topological polar surface area (TPSA) is 92.3 Å². The van der Waals surface area contributed by atoms with Crippen LogP contribution in [-0.4, -0.2) is 102 Å². The zero-order valence-corrected chi connectivity index (χ0v) is 26.7. The molecule has 3 aliphatic heterocycles. The highest BCUT2D eigenvalue weighted by molar-refractivity contribution is 5.92. The number of aliphatic hydroxyl groups excluding tert-OH is 1.